The highest BCUT2D eigenvalue weighted by Gasteiger charge is 2.29. The molecule has 0 fully saturated rings. The molecule has 0 N–H and O–H groups in total. The highest BCUT2D eigenvalue weighted by Crippen LogP contribution is 2.29. The second-order valence-electron chi connectivity index (χ2n) is 4.63. The topological polar surface area (TPSA) is 0 Å². The van der Waals surface area contributed by atoms with Crippen LogP contribution in [0.25, 0.3) is 12.2 Å². The predicted molar refractivity (Wildman–Crippen MR) is 85.1 cm³/mol. The van der Waals surface area contributed by atoms with Crippen LogP contribution in [0.4, 0.5) is 13.2 Å². The van der Waals surface area contributed by atoms with Crippen molar-refractivity contribution in [3.63, 3.8) is 0 Å². The van der Waals surface area contributed by atoms with E-state index in [4.69, 9.17) is 0 Å². The van der Waals surface area contributed by atoms with Crippen LogP contribution in [0.3, 0.4) is 0 Å². The molecule has 0 heterocycles. The fraction of sp³-hybridized carbons (Fsp3) is 0.0526. The molecule has 0 saturated heterocycles. The number of rotatable bonds is 4. The number of allylic oxidation sites excluding steroid dienone is 4. The molecular weight excluding hydrogens is 285 g/mol. The van der Waals surface area contributed by atoms with Crippen molar-refractivity contribution in [3.05, 3.63) is 95.6 Å². The lowest BCUT2D eigenvalue weighted by Crippen LogP contribution is -2.03. The molecule has 0 atom stereocenters. The summed E-state index contributed by atoms with van der Waals surface area (Å²) in [6, 6.07) is 15.0. The number of alkyl halides is 3. The lowest BCUT2D eigenvalue weighted by Gasteiger charge is -2.05. The highest BCUT2D eigenvalue weighted by molar-refractivity contribution is 5.53. The Morgan fingerprint density at radius 1 is 0.591 bits per heavy atom. The van der Waals surface area contributed by atoms with E-state index in [9.17, 15) is 13.2 Å². The van der Waals surface area contributed by atoms with Crippen molar-refractivity contribution in [1.29, 1.82) is 0 Å². The Labute approximate surface area is 127 Å². The van der Waals surface area contributed by atoms with Gasteiger partial charge < -0.3 is 0 Å². The fourth-order valence-electron chi connectivity index (χ4n) is 1.81. The maximum absolute atomic E-state index is 12.4. The van der Waals surface area contributed by atoms with E-state index in [1.807, 2.05) is 54.6 Å². The number of hydrogen-bond donors (Lipinski definition) is 0. The minimum atomic E-state index is -4.29. The van der Waals surface area contributed by atoms with E-state index in [1.54, 1.807) is 12.2 Å². The van der Waals surface area contributed by atoms with Gasteiger partial charge in [-0.1, -0.05) is 78.9 Å². The zero-order chi connectivity index (χ0) is 15.8. The van der Waals surface area contributed by atoms with Crippen LogP contribution in [-0.4, -0.2) is 0 Å². The van der Waals surface area contributed by atoms with E-state index in [0.29, 0.717) is 0 Å². The third kappa shape index (κ3) is 5.09. The van der Waals surface area contributed by atoms with Crippen LogP contribution in [0, 0.1) is 0 Å². The Hall–Kier alpha value is -2.55. The molecule has 0 aromatic heterocycles. The molecule has 0 unspecified atom stereocenters. The highest BCUT2D eigenvalue weighted by atomic mass is 19.4. The molecule has 22 heavy (non-hydrogen) atoms. The molecule has 0 saturated carbocycles. The van der Waals surface area contributed by atoms with E-state index in [-0.39, 0.29) is 0 Å². The average Bonchev–Trinajstić information content (AvgIpc) is 2.51. The Morgan fingerprint density at radius 3 is 1.59 bits per heavy atom. The predicted octanol–water partition coefficient (Wildman–Crippen LogP) is 5.99. The molecular formula is C19H15F3. The first-order valence-corrected chi connectivity index (χ1v) is 6.79. The minimum absolute atomic E-state index is 0.633. The van der Waals surface area contributed by atoms with Gasteiger partial charge in [0.1, 0.15) is 0 Å². The van der Waals surface area contributed by atoms with Crippen LogP contribution in [0.1, 0.15) is 16.7 Å². The third-order valence-corrected chi connectivity index (χ3v) is 2.95. The van der Waals surface area contributed by atoms with Gasteiger partial charge in [0.05, 0.1) is 5.56 Å². The Morgan fingerprint density at radius 2 is 1.09 bits per heavy atom. The van der Waals surface area contributed by atoms with Crippen LogP contribution in [-0.2, 0) is 6.18 Å². The van der Waals surface area contributed by atoms with E-state index < -0.39 is 11.7 Å². The van der Waals surface area contributed by atoms with Crippen molar-refractivity contribution < 1.29 is 13.2 Å². The molecule has 0 radical (unpaired) electrons. The number of hydrogen-bond acceptors (Lipinski definition) is 0. The van der Waals surface area contributed by atoms with Gasteiger partial charge in [-0.05, 0) is 23.3 Å². The van der Waals surface area contributed by atoms with Gasteiger partial charge >= 0.3 is 6.18 Å². The number of halogens is 3. The maximum Gasteiger partial charge on any atom is 0.416 e. The summed E-state index contributed by atoms with van der Waals surface area (Å²) < 4.78 is 37.2. The maximum atomic E-state index is 12.4. The zero-order valence-electron chi connectivity index (χ0n) is 11.8. The average molecular weight is 300 g/mol. The molecule has 0 bridgehead atoms. The summed E-state index contributed by atoms with van der Waals surface area (Å²) in [5, 5.41) is 0. The Bertz CT molecular complexity index is 660. The van der Waals surface area contributed by atoms with Crippen LogP contribution in [0.15, 0.2) is 78.9 Å². The Balaban J connectivity index is 1.90. The minimum Gasteiger partial charge on any atom is -0.166 e. The van der Waals surface area contributed by atoms with Crippen molar-refractivity contribution in [1.82, 2.24) is 0 Å². The number of benzene rings is 2. The molecule has 0 aliphatic heterocycles. The molecule has 0 nitrogen and oxygen atoms in total. The van der Waals surface area contributed by atoms with E-state index in [0.717, 1.165) is 23.3 Å². The fourth-order valence-corrected chi connectivity index (χ4v) is 1.81. The molecule has 2 rings (SSSR count). The van der Waals surface area contributed by atoms with Gasteiger partial charge in [-0.3, -0.25) is 0 Å². The van der Waals surface area contributed by atoms with Gasteiger partial charge in [-0.15, -0.1) is 0 Å². The van der Waals surface area contributed by atoms with Crippen molar-refractivity contribution in [3.8, 4) is 0 Å². The molecule has 2 aromatic rings. The summed E-state index contributed by atoms with van der Waals surface area (Å²) in [5.74, 6) is 0. The standard InChI is InChI=1S/C19H15F3/c20-19(21,22)18-14-12-17(13-15-18)11-5-2-1-4-8-16-9-6-3-7-10-16/h1-15H/b2-1+,8-4+,11-5+. The van der Waals surface area contributed by atoms with Gasteiger partial charge in [0.25, 0.3) is 0 Å². The summed E-state index contributed by atoms with van der Waals surface area (Å²) in [6.07, 6.45) is 6.84. The van der Waals surface area contributed by atoms with Gasteiger partial charge in [0, 0.05) is 0 Å². The first-order chi connectivity index (χ1) is 10.6. The quantitative estimate of drug-likeness (QED) is 0.608. The van der Waals surface area contributed by atoms with E-state index in [2.05, 4.69) is 0 Å². The second-order valence-corrected chi connectivity index (χ2v) is 4.63. The lowest BCUT2D eigenvalue weighted by atomic mass is 10.1. The summed E-state index contributed by atoms with van der Waals surface area (Å²) in [5.41, 5.74) is 1.20. The van der Waals surface area contributed by atoms with Crippen molar-refractivity contribution >= 4 is 12.2 Å². The smallest absolute Gasteiger partial charge is 0.166 e. The SMILES string of the molecule is FC(F)(F)c1ccc(/C=C/C=C/C=C/c2ccccc2)cc1. The van der Waals surface area contributed by atoms with Crippen molar-refractivity contribution in [2.24, 2.45) is 0 Å². The Kier molecular flexibility index (Phi) is 5.37. The van der Waals surface area contributed by atoms with E-state index >= 15 is 0 Å². The van der Waals surface area contributed by atoms with Crippen molar-refractivity contribution in [2.45, 2.75) is 6.18 Å². The first-order valence-electron chi connectivity index (χ1n) is 6.79. The monoisotopic (exact) mass is 300 g/mol. The molecule has 112 valence electrons. The van der Waals surface area contributed by atoms with Gasteiger partial charge in [-0.25, -0.2) is 0 Å². The van der Waals surface area contributed by atoms with Crippen LogP contribution < -0.4 is 0 Å². The van der Waals surface area contributed by atoms with Crippen LogP contribution in [0.2, 0.25) is 0 Å². The molecule has 0 aliphatic rings. The molecule has 0 aliphatic carbocycles. The van der Waals surface area contributed by atoms with Gasteiger partial charge in [0.2, 0.25) is 0 Å². The summed E-state index contributed by atoms with van der Waals surface area (Å²) in [4.78, 5) is 0. The van der Waals surface area contributed by atoms with E-state index in [1.165, 1.54) is 12.1 Å². The van der Waals surface area contributed by atoms with Gasteiger partial charge in [-0.2, -0.15) is 13.2 Å². The summed E-state index contributed by atoms with van der Waals surface area (Å²) in [7, 11) is 0. The van der Waals surface area contributed by atoms with Crippen molar-refractivity contribution in [2.75, 3.05) is 0 Å². The second kappa shape index (κ2) is 7.46. The zero-order valence-corrected chi connectivity index (χ0v) is 11.8. The molecule has 3 heteroatoms. The molecule has 2 aromatic carbocycles. The molecule has 0 amide bonds. The van der Waals surface area contributed by atoms with Crippen LogP contribution >= 0.6 is 0 Å². The summed E-state index contributed by atoms with van der Waals surface area (Å²) in [6.45, 7) is 0. The summed E-state index contributed by atoms with van der Waals surface area (Å²) >= 11 is 0. The largest absolute Gasteiger partial charge is 0.416 e. The normalized spacial score (nSPS) is 12.7. The first kappa shape index (κ1) is 15.8. The van der Waals surface area contributed by atoms with Gasteiger partial charge in [0.15, 0.2) is 0 Å². The van der Waals surface area contributed by atoms with Crippen LogP contribution in [0.5, 0.6) is 0 Å². The third-order valence-electron chi connectivity index (χ3n) is 2.95. The lowest BCUT2D eigenvalue weighted by molar-refractivity contribution is -0.137. The molecule has 0 spiro atoms.